The minimum atomic E-state index is -3.49. The van der Waals surface area contributed by atoms with Crippen molar-refractivity contribution < 1.29 is 22.1 Å². The lowest BCUT2D eigenvalue weighted by Gasteiger charge is -2.16. The largest absolute Gasteiger partial charge is 0.465 e. The Labute approximate surface area is 113 Å². The Kier molecular flexibility index (Phi) is 5.98. The third-order valence-corrected chi connectivity index (χ3v) is 2.97. The van der Waals surface area contributed by atoms with Gasteiger partial charge in [0.2, 0.25) is 0 Å². The van der Waals surface area contributed by atoms with Gasteiger partial charge in [0.1, 0.15) is 0 Å². The monoisotopic (exact) mass is 286 g/mol. The van der Waals surface area contributed by atoms with E-state index in [2.05, 4.69) is 0 Å². The number of hydrogen-bond donors (Lipinski definition) is 0. The quantitative estimate of drug-likeness (QED) is 0.559. The summed E-state index contributed by atoms with van der Waals surface area (Å²) in [7, 11) is -3.49. The van der Waals surface area contributed by atoms with Crippen molar-refractivity contribution >= 4 is 16.1 Å². The number of carbonyl (C=O) groups excluding carboxylic acids is 1. The summed E-state index contributed by atoms with van der Waals surface area (Å²) in [5, 5.41) is 0. The average Bonchev–Trinajstić information content (AvgIpc) is 2.33. The van der Waals surface area contributed by atoms with E-state index in [-0.39, 0.29) is 19.1 Å². The molecule has 1 atom stereocenters. The average molecular weight is 286 g/mol. The van der Waals surface area contributed by atoms with Crippen LogP contribution < -0.4 is 0 Å². The van der Waals surface area contributed by atoms with E-state index in [0.717, 1.165) is 11.8 Å². The number of rotatable bonds is 7. The Bertz CT molecular complexity index is 495. The Morgan fingerprint density at radius 3 is 2.37 bits per heavy atom. The van der Waals surface area contributed by atoms with E-state index in [9.17, 15) is 13.2 Å². The maximum absolute atomic E-state index is 11.0. The smallest absolute Gasteiger partial charge is 0.302 e. The molecule has 1 aromatic rings. The second kappa shape index (κ2) is 7.25. The predicted octanol–water partition coefficient (Wildman–Crippen LogP) is 1.38. The molecule has 0 aliphatic heterocycles. The highest BCUT2D eigenvalue weighted by Gasteiger charge is 2.15. The van der Waals surface area contributed by atoms with Crippen LogP contribution in [0.1, 0.15) is 12.5 Å². The van der Waals surface area contributed by atoms with Crippen LogP contribution in [0, 0.1) is 5.92 Å². The predicted molar refractivity (Wildman–Crippen MR) is 71.1 cm³/mol. The van der Waals surface area contributed by atoms with Crippen molar-refractivity contribution in [1.82, 2.24) is 0 Å². The van der Waals surface area contributed by atoms with Crippen LogP contribution in [0.5, 0.6) is 0 Å². The number of ether oxygens (including phenoxy) is 1. The molecule has 0 saturated carbocycles. The molecule has 0 bridgehead atoms. The van der Waals surface area contributed by atoms with Crippen molar-refractivity contribution in [3.05, 3.63) is 35.9 Å². The first-order chi connectivity index (χ1) is 8.87. The lowest BCUT2D eigenvalue weighted by molar-refractivity contribution is -0.142. The molecule has 0 aromatic heterocycles. The van der Waals surface area contributed by atoms with Gasteiger partial charge in [-0.15, -0.1) is 0 Å². The molecule has 0 N–H and O–H groups in total. The van der Waals surface area contributed by atoms with Crippen molar-refractivity contribution in [2.75, 3.05) is 19.5 Å². The maximum atomic E-state index is 11.0. The standard InChI is InChI=1S/C13H18O5S/c1-11(14)17-9-13(10-18-19(2,15)16)8-12-6-4-3-5-7-12/h3-7,13H,8-10H2,1-2H3/t13-/m1/s1. The molecule has 0 aliphatic carbocycles. The van der Waals surface area contributed by atoms with E-state index >= 15 is 0 Å². The summed E-state index contributed by atoms with van der Waals surface area (Å²) in [4.78, 5) is 10.8. The molecule has 0 radical (unpaired) electrons. The molecular weight excluding hydrogens is 268 g/mol. The molecule has 0 aliphatic rings. The van der Waals surface area contributed by atoms with Gasteiger partial charge in [-0.1, -0.05) is 30.3 Å². The van der Waals surface area contributed by atoms with Crippen LogP contribution in [0.3, 0.4) is 0 Å². The maximum Gasteiger partial charge on any atom is 0.302 e. The fourth-order valence-corrected chi connectivity index (χ4v) is 2.01. The normalized spacial score (nSPS) is 12.9. The van der Waals surface area contributed by atoms with Gasteiger partial charge in [-0.25, -0.2) is 0 Å². The molecule has 1 rings (SSSR count). The summed E-state index contributed by atoms with van der Waals surface area (Å²) in [6, 6.07) is 9.56. The number of hydrogen-bond acceptors (Lipinski definition) is 5. The van der Waals surface area contributed by atoms with E-state index in [1.807, 2.05) is 30.3 Å². The Hall–Kier alpha value is -1.40. The number of carbonyl (C=O) groups is 1. The van der Waals surface area contributed by atoms with E-state index in [1.54, 1.807) is 0 Å². The van der Waals surface area contributed by atoms with Gasteiger partial charge >= 0.3 is 5.97 Å². The Morgan fingerprint density at radius 2 is 1.84 bits per heavy atom. The van der Waals surface area contributed by atoms with E-state index in [1.165, 1.54) is 6.92 Å². The Balaban J connectivity index is 2.60. The van der Waals surface area contributed by atoms with Crippen LogP contribution in [0.25, 0.3) is 0 Å². The van der Waals surface area contributed by atoms with Gasteiger partial charge in [-0.05, 0) is 12.0 Å². The first kappa shape index (κ1) is 15.7. The molecule has 0 saturated heterocycles. The highest BCUT2D eigenvalue weighted by Crippen LogP contribution is 2.11. The molecule has 0 spiro atoms. The number of benzene rings is 1. The first-order valence-electron chi connectivity index (χ1n) is 5.88. The summed E-state index contributed by atoms with van der Waals surface area (Å²) in [5.74, 6) is -0.585. The van der Waals surface area contributed by atoms with E-state index in [4.69, 9.17) is 8.92 Å². The zero-order valence-electron chi connectivity index (χ0n) is 11.0. The third kappa shape index (κ3) is 7.58. The van der Waals surface area contributed by atoms with Crippen molar-refractivity contribution in [2.24, 2.45) is 5.92 Å². The summed E-state index contributed by atoms with van der Waals surface area (Å²) >= 11 is 0. The lowest BCUT2D eigenvalue weighted by atomic mass is 10.0. The van der Waals surface area contributed by atoms with E-state index in [0.29, 0.717) is 6.42 Å². The second-order valence-corrected chi connectivity index (χ2v) is 5.99. The van der Waals surface area contributed by atoms with Crippen molar-refractivity contribution in [3.8, 4) is 0 Å². The SMILES string of the molecule is CC(=O)OC[C@H](COS(C)(=O)=O)Cc1ccccc1. The molecule has 5 nitrogen and oxygen atoms in total. The van der Waals surface area contributed by atoms with Gasteiger partial charge in [0.15, 0.2) is 0 Å². The molecular formula is C13H18O5S. The van der Waals surface area contributed by atoms with Crippen LogP contribution in [-0.4, -0.2) is 33.9 Å². The van der Waals surface area contributed by atoms with Crippen LogP contribution in [-0.2, 0) is 30.3 Å². The molecule has 0 amide bonds. The summed E-state index contributed by atoms with van der Waals surface area (Å²) < 4.78 is 31.7. The zero-order chi connectivity index (χ0) is 14.3. The highest BCUT2D eigenvalue weighted by atomic mass is 32.2. The lowest BCUT2D eigenvalue weighted by Crippen LogP contribution is -2.22. The van der Waals surface area contributed by atoms with Gasteiger partial charge in [-0.2, -0.15) is 8.42 Å². The van der Waals surface area contributed by atoms with Gasteiger partial charge in [0, 0.05) is 12.8 Å². The topological polar surface area (TPSA) is 69.7 Å². The molecule has 19 heavy (non-hydrogen) atoms. The fraction of sp³-hybridized carbons (Fsp3) is 0.462. The molecule has 106 valence electrons. The van der Waals surface area contributed by atoms with Crippen LogP contribution in [0.4, 0.5) is 0 Å². The molecule has 1 aromatic carbocycles. The van der Waals surface area contributed by atoms with Gasteiger partial charge in [0.05, 0.1) is 19.5 Å². The second-order valence-electron chi connectivity index (χ2n) is 4.35. The van der Waals surface area contributed by atoms with E-state index < -0.39 is 16.1 Å². The number of esters is 1. The van der Waals surface area contributed by atoms with Crippen molar-refractivity contribution in [3.63, 3.8) is 0 Å². The summed E-state index contributed by atoms with van der Waals surface area (Å²) in [6.07, 6.45) is 1.59. The first-order valence-corrected chi connectivity index (χ1v) is 7.70. The molecule has 0 heterocycles. The van der Waals surface area contributed by atoms with Crippen LogP contribution >= 0.6 is 0 Å². The summed E-state index contributed by atoms with van der Waals surface area (Å²) in [6.45, 7) is 1.46. The highest BCUT2D eigenvalue weighted by molar-refractivity contribution is 7.85. The molecule has 6 heteroatoms. The van der Waals surface area contributed by atoms with Crippen LogP contribution in [0.2, 0.25) is 0 Å². The molecule has 0 unspecified atom stereocenters. The third-order valence-electron chi connectivity index (χ3n) is 2.41. The Morgan fingerprint density at radius 1 is 1.21 bits per heavy atom. The van der Waals surface area contributed by atoms with Gasteiger partial charge in [-0.3, -0.25) is 8.98 Å². The van der Waals surface area contributed by atoms with Crippen molar-refractivity contribution in [1.29, 1.82) is 0 Å². The van der Waals surface area contributed by atoms with Crippen LogP contribution in [0.15, 0.2) is 30.3 Å². The fourth-order valence-electron chi connectivity index (χ4n) is 1.57. The van der Waals surface area contributed by atoms with Gasteiger partial charge in [0.25, 0.3) is 10.1 Å². The zero-order valence-corrected chi connectivity index (χ0v) is 11.9. The molecule has 0 fully saturated rings. The minimum absolute atomic E-state index is 0.001000. The summed E-state index contributed by atoms with van der Waals surface area (Å²) in [5.41, 5.74) is 1.04. The van der Waals surface area contributed by atoms with Crippen molar-refractivity contribution in [2.45, 2.75) is 13.3 Å². The minimum Gasteiger partial charge on any atom is -0.465 e. The van der Waals surface area contributed by atoms with Gasteiger partial charge < -0.3 is 4.74 Å².